The Morgan fingerprint density at radius 1 is 1.67 bits per heavy atom. The zero-order chi connectivity index (χ0) is 10.8. The Balaban J connectivity index is 2.17. The van der Waals surface area contributed by atoms with Crippen LogP contribution >= 0.6 is 15.9 Å². The van der Waals surface area contributed by atoms with Crippen molar-refractivity contribution in [3.63, 3.8) is 0 Å². The summed E-state index contributed by atoms with van der Waals surface area (Å²) < 4.78 is 1.04. The van der Waals surface area contributed by atoms with Crippen molar-refractivity contribution in [1.29, 1.82) is 0 Å². The maximum Gasteiger partial charge on any atom is 0.131 e. The molecular formula is C11H16BrN3. The van der Waals surface area contributed by atoms with Gasteiger partial charge < -0.3 is 10.6 Å². The van der Waals surface area contributed by atoms with Crippen molar-refractivity contribution in [3.05, 3.63) is 22.3 Å². The van der Waals surface area contributed by atoms with E-state index in [-0.39, 0.29) is 0 Å². The summed E-state index contributed by atoms with van der Waals surface area (Å²) in [7, 11) is 0. The molecule has 0 saturated carbocycles. The number of pyridine rings is 1. The van der Waals surface area contributed by atoms with E-state index in [2.05, 4.69) is 38.8 Å². The molecule has 1 aromatic heterocycles. The number of aryl methyl sites for hydroxylation is 1. The van der Waals surface area contributed by atoms with Crippen LogP contribution in [0.5, 0.6) is 0 Å². The molecule has 1 fully saturated rings. The first kappa shape index (κ1) is 10.9. The van der Waals surface area contributed by atoms with Gasteiger partial charge in [0.15, 0.2) is 0 Å². The molecule has 0 amide bonds. The summed E-state index contributed by atoms with van der Waals surface area (Å²) in [5.41, 5.74) is 6.91. The van der Waals surface area contributed by atoms with Crippen LogP contribution in [0, 0.1) is 12.8 Å². The van der Waals surface area contributed by atoms with E-state index < -0.39 is 0 Å². The Morgan fingerprint density at radius 2 is 2.47 bits per heavy atom. The molecule has 82 valence electrons. The molecule has 0 aliphatic carbocycles. The van der Waals surface area contributed by atoms with E-state index in [4.69, 9.17) is 5.73 Å². The fourth-order valence-corrected chi connectivity index (χ4v) is 2.53. The van der Waals surface area contributed by atoms with E-state index in [1.807, 2.05) is 6.20 Å². The van der Waals surface area contributed by atoms with Gasteiger partial charge in [0.25, 0.3) is 0 Å². The smallest absolute Gasteiger partial charge is 0.131 e. The zero-order valence-electron chi connectivity index (χ0n) is 8.91. The molecule has 2 N–H and O–H groups in total. The molecular weight excluding hydrogens is 254 g/mol. The molecule has 1 aliphatic heterocycles. The van der Waals surface area contributed by atoms with Gasteiger partial charge in [0.2, 0.25) is 0 Å². The van der Waals surface area contributed by atoms with E-state index in [9.17, 15) is 0 Å². The summed E-state index contributed by atoms with van der Waals surface area (Å²) in [5, 5.41) is 0. The average molecular weight is 270 g/mol. The van der Waals surface area contributed by atoms with Crippen LogP contribution in [0.4, 0.5) is 5.82 Å². The lowest BCUT2D eigenvalue weighted by molar-refractivity contribution is 0.602. The highest BCUT2D eigenvalue weighted by molar-refractivity contribution is 9.10. The summed E-state index contributed by atoms with van der Waals surface area (Å²) >= 11 is 3.43. The second-order valence-corrected chi connectivity index (χ2v) is 5.05. The van der Waals surface area contributed by atoms with E-state index in [0.29, 0.717) is 5.92 Å². The number of hydrogen-bond donors (Lipinski definition) is 1. The summed E-state index contributed by atoms with van der Waals surface area (Å²) in [6.45, 7) is 5.01. The second-order valence-electron chi connectivity index (χ2n) is 4.13. The largest absolute Gasteiger partial charge is 0.356 e. The maximum atomic E-state index is 5.68. The van der Waals surface area contributed by atoms with E-state index >= 15 is 0 Å². The highest BCUT2D eigenvalue weighted by Gasteiger charge is 2.23. The van der Waals surface area contributed by atoms with Crippen LogP contribution in [0.1, 0.15) is 12.0 Å². The molecule has 4 heteroatoms. The molecule has 1 saturated heterocycles. The van der Waals surface area contributed by atoms with Crippen LogP contribution < -0.4 is 10.6 Å². The number of hydrogen-bond acceptors (Lipinski definition) is 3. The molecule has 2 rings (SSSR count). The predicted molar refractivity (Wildman–Crippen MR) is 66.0 cm³/mol. The molecule has 1 atom stereocenters. The Hall–Kier alpha value is -0.610. The van der Waals surface area contributed by atoms with Gasteiger partial charge >= 0.3 is 0 Å². The third-order valence-electron chi connectivity index (χ3n) is 2.94. The summed E-state index contributed by atoms with van der Waals surface area (Å²) in [6.07, 6.45) is 3.05. The molecule has 15 heavy (non-hydrogen) atoms. The van der Waals surface area contributed by atoms with Gasteiger partial charge in [0.05, 0.1) is 0 Å². The number of halogens is 1. The van der Waals surface area contributed by atoms with Crippen LogP contribution in [0.25, 0.3) is 0 Å². The van der Waals surface area contributed by atoms with Crippen molar-refractivity contribution in [2.75, 3.05) is 24.5 Å². The van der Waals surface area contributed by atoms with E-state index in [1.165, 1.54) is 12.0 Å². The first-order valence-corrected chi connectivity index (χ1v) is 6.07. The van der Waals surface area contributed by atoms with Crippen LogP contribution in [0.15, 0.2) is 16.7 Å². The van der Waals surface area contributed by atoms with Crippen LogP contribution in [0.2, 0.25) is 0 Å². The standard InChI is InChI=1S/C11H16BrN3/c1-8-4-10(12)6-14-11(8)15-3-2-9(5-13)7-15/h4,6,9H,2-3,5,7,13H2,1H3. The van der Waals surface area contributed by atoms with Crippen molar-refractivity contribution < 1.29 is 0 Å². The predicted octanol–water partition coefficient (Wildman–Crippen LogP) is 1.94. The van der Waals surface area contributed by atoms with Gasteiger partial charge in [-0.3, -0.25) is 0 Å². The highest BCUT2D eigenvalue weighted by atomic mass is 79.9. The number of nitrogens with zero attached hydrogens (tertiary/aromatic N) is 2. The van der Waals surface area contributed by atoms with Gasteiger partial charge in [-0.25, -0.2) is 4.98 Å². The van der Waals surface area contributed by atoms with E-state index in [1.54, 1.807) is 0 Å². The first-order chi connectivity index (χ1) is 7.20. The third-order valence-corrected chi connectivity index (χ3v) is 3.37. The summed E-state index contributed by atoms with van der Waals surface area (Å²) in [6, 6.07) is 2.11. The molecule has 0 bridgehead atoms. The number of aromatic nitrogens is 1. The fourth-order valence-electron chi connectivity index (χ4n) is 2.08. The minimum Gasteiger partial charge on any atom is -0.356 e. The van der Waals surface area contributed by atoms with Crippen LogP contribution in [-0.2, 0) is 0 Å². The summed E-state index contributed by atoms with van der Waals surface area (Å²) in [4.78, 5) is 6.80. The van der Waals surface area contributed by atoms with Crippen molar-refractivity contribution in [1.82, 2.24) is 4.98 Å². The van der Waals surface area contributed by atoms with Gasteiger partial charge in [-0.2, -0.15) is 0 Å². The minimum absolute atomic E-state index is 0.634. The quantitative estimate of drug-likeness (QED) is 0.893. The molecule has 0 spiro atoms. The lowest BCUT2D eigenvalue weighted by atomic mass is 10.1. The molecule has 1 unspecified atom stereocenters. The average Bonchev–Trinajstić information content (AvgIpc) is 2.66. The van der Waals surface area contributed by atoms with E-state index in [0.717, 1.165) is 29.9 Å². The van der Waals surface area contributed by atoms with Crippen LogP contribution in [-0.4, -0.2) is 24.6 Å². The Morgan fingerprint density at radius 3 is 3.07 bits per heavy atom. The summed E-state index contributed by atoms with van der Waals surface area (Å²) in [5.74, 6) is 1.74. The molecule has 3 nitrogen and oxygen atoms in total. The number of rotatable bonds is 2. The van der Waals surface area contributed by atoms with Gasteiger partial charge in [-0.05, 0) is 53.4 Å². The molecule has 1 aliphatic rings. The lowest BCUT2D eigenvalue weighted by Crippen LogP contribution is -2.24. The molecule has 1 aromatic rings. The van der Waals surface area contributed by atoms with Crippen molar-refractivity contribution in [3.8, 4) is 0 Å². The normalized spacial score (nSPS) is 21.0. The van der Waals surface area contributed by atoms with Crippen LogP contribution in [0.3, 0.4) is 0 Å². The third kappa shape index (κ3) is 2.32. The fraction of sp³-hybridized carbons (Fsp3) is 0.545. The van der Waals surface area contributed by atoms with Crippen molar-refractivity contribution in [2.24, 2.45) is 11.7 Å². The topological polar surface area (TPSA) is 42.2 Å². The highest BCUT2D eigenvalue weighted by Crippen LogP contribution is 2.25. The Bertz CT molecular complexity index is 354. The lowest BCUT2D eigenvalue weighted by Gasteiger charge is -2.19. The Kier molecular flexibility index (Phi) is 3.26. The second kappa shape index (κ2) is 4.49. The molecule has 0 radical (unpaired) electrons. The van der Waals surface area contributed by atoms with Crippen molar-refractivity contribution >= 4 is 21.7 Å². The van der Waals surface area contributed by atoms with Gasteiger partial charge in [-0.15, -0.1) is 0 Å². The molecule has 0 aromatic carbocycles. The minimum atomic E-state index is 0.634. The number of nitrogens with two attached hydrogens (primary N) is 1. The molecule has 2 heterocycles. The van der Waals surface area contributed by atoms with Gasteiger partial charge in [0.1, 0.15) is 5.82 Å². The monoisotopic (exact) mass is 269 g/mol. The van der Waals surface area contributed by atoms with Crippen molar-refractivity contribution in [2.45, 2.75) is 13.3 Å². The zero-order valence-corrected chi connectivity index (χ0v) is 10.5. The van der Waals surface area contributed by atoms with Gasteiger partial charge in [0, 0.05) is 23.8 Å². The maximum absolute atomic E-state index is 5.68. The SMILES string of the molecule is Cc1cc(Br)cnc1N1CCC(CN)C1. The first-order valence-electron chi connectivity index (χ1n) is 5.28. The number of anilines is 1. The Labute approximate surface area is 98.8 Å². The van der Waals surface area contributed by atoms with Gasteiger partial charge in [-0.1, -0.05) is 0 Å².